The van der Waals surface area contributed by atoms with Gasteiger partial charge in [0.2, 0.25) is 0 Å². The Kier molecular flexibility index (Phi) is 4.28. The van der Waals surface area contributed by atoms with E-state index in [9.17, 15) is 0 Å². The number of ether oxygens (including phenoxy) is 1. The van der Waals surface area contributed by atoms with Crippen LogP contribution in [0.15, 0.2) is 36.5 Å². The Bertz CT molecular complexity index is 526. The average molecular weight is 283 g/mol. The van der Waals surface area contributed by atoms with Gasteiger partial charge in [-0.15, -0.1) is 0 Å². The Morgan fingerprint density at radius 3 is 2.56 bits per heavy atom. The molecule has 1 N–H and O–H groups in total. The minimum atomic E-state index is 0.355. The highest BCUT2D eigenvalue weighted by Crippen LogP contribution is 2.33. The predicted molar refractivity (Wildman–Crippen MR) is 74.6 cm³/mol. The highest BCUT2D eigenvalue weighted by Gasteiger charge is 2.08. The maximum atomic E-state index is 6.03. The van der Waals surface area contributed by atoms with Gasteiger partial charge in [0.05, 0.1) is 10.0 Å². The highest BCUT2D eigenvalue weighted by molar-refractivity contribution is 6.37. The Morgan fingerprint density at radius 2 is 1.89 bits per heavy atom. The van der Waals surface area contributed by atoms with E-state index >= 15 is 0 Å². The lowest BCUT2D eigenvalue weighted by Crippen LogP contribution is -2.02. The summed E-state index contributed by atoms with van der Waals surface area (Å²) in [7, 11) is 1.81. The van der Waals surface area contributed by atoms with Crippen LogP contribution in [0.4, 0.5) is 5.82 Å². The molecule has 1 heterocycles. The summed E-state index contributed by atoms with van der Waals surface area (Å²) in [6, 6.07) is 9.05. The summed E-state index contributed by atoms with van der Waals surface area (Å²) in [5.74, 6) is 1.27. The average Bonchev–Trinajstić information content (AvgIpc) is 2.38. The van der Waals surface area contributed by atoms with Crippen LogP contribution in [0.3, 0.4) is 0 Å². The zero-order valence-electron chi connectivity index (χ0n) is 9.78. The Hall–Kier alpha value is -1.45. The molecule has 3 nitrogen and oxygen atoms in total. The summed E-state index contributed by atoms with van der Waals surface area (Å²) in [5.41, 5.74) is 0.941. The molecule has 0 saturated carbocycles. The monoisotopic (exact) mass is 282 g/mol. The van der Waals surface area contributed by atoms with Gasteiger partial charge >= 0.3 is 0 Å². The van der Waals surface area contributed by atoms with Crippen molar-refractivity contribution in [3.63, 3.8) is 0 Å². The number of aromatic nitrogens is 1. The van der Waals surface area contributed by atoms with Gasteiger partial charge < -0.3 is 10.1 Å². The number of halogens is 2. The molecule has 0 unspecified atom stereocenters. The molecule has 0 aliphatic rings. The van der Waals surface area contributed by atoms with Crippen LogP contribution in [0.25, 0.3) is 0 Å². The minimum absolute atomic E-state index is 0.355. The van der Waals surface area contributed by atoms with Gasteiger partial charge in [-0.2, -0.15) is 0 Å². The van der Waals surface area contributed by atoms with E-state index in [2.05, 4.69) is 10.3 Å². The second-order valence-corrected chi connectivity index (χ2v) is 4.41. The van der Waals surface area contributed by atoms with Gasteiger partial charge in [0.1, 0.15) is 12.4 Å². The van der Waals surface area contributed by atoms with Crippen molar-refractivity contribution in [3.05, 3.63) is 52.1 Å². The number of hydrogen-bond donors (Lipinski definition) is 1. The van der Waals surface area contributed by atoms with Gasteiger partial charge in [-0.3, -0.25) is 0 Å². The molecular weight excluding hydrogens is 271 g/mol. The highest BCUT2D eigenvalue weighted by atomic mass is 35.5. The van der Waals surface area contributed by atoms with Crippen molar-refractivity contribution in [2.75, 3.05) is 12.4 Å². The smallest absolute Gasteiger partial charge is 0.156 e. The van der Waals surface area contributed by atoms with Crippen molar-refractivity contribution in [2.45, 2.75) is 6.61 Å². The number of anilines is 1. The van der Waals surface area contributed by atoms with Gasteiger partial charge in [0.15, 0.2) is 5.75 Å². The second kappa shape index (κ2) is 5.94. The van der Waals surface area contributed by atoms with Crippen LogP contribution in [0.1, 0.15) is 5.56 Å². The number of nitrogens with one attached hydrogen (secondary N) is 1. The standard InChI is InChI=1S/C13H12Cl2N2O/c1-16-13-9(4-3-7-17-13)8-18-12-10(14)5-2-6-11(12)15/h2-7H,8H2,1H3,(H,16,17). The second-order valence-electron chi connectivity index (χ2n) is 3.60. The van der Waals surface area contributed by atoms with Crippen molar-refractivity contribution in [3.8, 4) is 5.75 Å². The molecule has 0 aliphatic carbocycles. The normalized spacial score (nSPS) is 10.2. The van der Waals surface area contributed by atoms with Crippen LogP contribution >= 0.6 is 23.2 Å². The van der Waals surface area contributed by atoms with Crippen molar-refractivity contribution in [2.24, 2.45) is 0 Å². The summed E-state index contributed by atoms with van der Waals surface area (Å²) in [6.45, 7) is 0.355. The van der Waals surface area contributed by atoms with E-state index in [4.69, 9.17) is 27.9 Å². The Morgan fingerprint density at radius 1 is 1.17 bits per heavy atom. The summed E-state index contributed by atoms with van der Waals surface area (Å²) in [6.07, 6.45) is 1.72. The molecule has 0 aliphatic heterocycles. The van der Waals surface area contributed by atoms with Crippen molar-refractivity contribution >= 4 is 29.0 Å². The molecule has 1 aromatic carbocycles. The van der Waals surface area contributed by atoms with E-state index in [1.165, 1.54) is 0 Å². The summed E-state index contributed by atoms with van der Waals surface area (Å²) in [5, 5.41) is 4.00. The fourth-order valence-electron chi connectivity index (χ4n) is 1.55. The van der Waals surface area contributed by atoms with Crippen LogP contribution in [0, 0.1) is 0 Å². The lowest BCUT2D eigenvalue weighted by atomic mass is 10.2. The summed E-state index contributed by atoms with van der Waals surface area (Å²) in [4.78, 5) is 4.20. The number of nitrogens with zero attached hydrogens (tertiary/aromatic N) is 1. The summed E-state index contributed by atoms with van der Waals surface area (Å²) < 4.78 is 5.65. The number of benzene rings is 1. The van der Waals surface area contributed by atoms with Gasteiger partial charge in [-0.05, 0) is 18.2 Å². The molecule has 0 radical (unpaired) electrons. The van der Waals surface area contributed by atoms with Crippen molar-refractivity contribution in [1.29, 1.82) is 0 Å². The molecule has 0 amide bonds. The fraction of sp³-hybridized carbons (Fsp3) is 0.154. The third-order valence-electron chi connectivity index (χ3n) is 2.42. The van der Waals surface area contributed by atoms with Gasteiger partial charge in [0, 0.05) is 18.8 Å². The number of hydrogen-bond acceptors (Lipinski definition) is 3. The van der Waals surface area contributed by atoms with Crippen LogP contribution in [0.2, 0.25) is 10.0 Å². The van der Waals surface area contributed by atoms with E-state index < -0.39 is 0 Å². The number of para-hydroxylation sites is 1. The third-order valence-corrected chi connectivity index (χ3v) is 3.01. The van der Waals surface area contributed by atoms with Crippen LogP contribution < -0.4 is 10.1 Å². The molecule has 0 atom stereocenters. The topological polar surface area (TPSA) is 34.2 Å². The quantitative estimate of drug-likeness (QED) is 0.920. The van der Waals surface area contributed by atoms with Crippen LogP contribution in [-0.4, -0.2) is 12.0 Å². The molecule has 0 spiro atoms. The first-order chi connectivity index (χ1) is 8.72. The SMILES string of the molecule is CNc1ncccc1COc1c(Cl)cccc1Cl. The molecule has 0 saturated heterocycles. The number of pyridine rings is 1. The molecule has 0 bridgehead atoms. The Labute approximate surface area is 116 Å². The minimum Gasteiger partial charge on any atom is -0.486 e. The lowest BCUT2D eigenvalue weighted by molar-refractivity contribution is 0.307. The molecule has 18 heavy (non-hydrogen) atoms. The fourth-order valence-corrected chi connectivity index (χ4v) is 2.06. The van der Waals surface area contributed by atoms with Crippen LogP contribution in [0.5, 0.6) is 5.75 Å². The van der Waals surface area contributed by atoms with E-state index in [-0.39, 0.29) is 0 Å². The first kappa shape index (κ1) is 13.0. The molecule has 2 rings (SSSR count). The van der Waals surface area contributed by atoms with E-state index in [0.29, 0.717) is 22.4 Å². The maximum absolute atomic E-state index is 6.03. The van der Waals surface area contributed by atoms with E-state index in [1.807, 2.05) is 19.2 Å². The molecular formula is C13H12Cl2N2O. The number of rotatable bonds is 4. The largest absolute Gasteiger partial charge is 0.486 e. The van der Waals surface area contributed by atoms with E-state index in [1.54, 1.807) is 24.4 Å². The third kappa shape index (κ3) is 2.86. The zero-order chi connectivity index (χ0) is 13.0. The first-order valence-corrected chi connectivity index (χ1v) is 6.16. The maximum Gasteiger partial charge on any atom is 0.156 e. The first-order valence-electron chi connectivity index (χ1n) is 5.41. The molecule has 2 aromatic rings. The zero-order valence-corrected chi connectivity index (χ0v) is 11.3. The van der Waals surface area contributed by atoms with Crippen molar-refractivity contribution in [1.82, 2.24) is 4.98 Å². The van der Waals surface area contributed by atoms with Gasteiger partial charge in [-0.1, -0.05) is 35.3 Å². The van der Waals surface area contributed by atoms with Gasteiger partial charge in [0.25, 0.3) is 0 Å². The van der Waals surface area contributed by atoms with Crippen molar-refractivity contribution < 1.29 is 4.74 Å². The van der Waals surface area contributed by atoms with Crippen LogP contribution in [-0.2, 0) is 6.61 Å². The Balaban J connectivity index is 2.16. The molecule has 0 fully saturated rings. The van der Waals surface area contributed by atoms with Gasteiger partial charge in [-0.25, -0.2) is 4.98 Å². The van der Waals surface area contributed by atoms with E-state index in [0.717, 1.165) is 11.4 Å². The predicted octanol–water partition coefficient (Wildman–Crippen LogP) is 4.01. The molecule has 94 valence electrons. The molecule has 1 aromatic heterocycles. The molecule has 5 heteroatoms. The summed E-state index contributed by atoms with van der Waals surface area (Å²) >= 11 is 12.1. The lowest BCUT2D eigenvalue weighted by Gasteiger charge is -2.11.